The highest BCUT2D eigenvalue weighted by molar-refractivity contribution is 7.71. The zero-order valence-corrected chi connectivity index (χ0v) is 13.7. The van der Waals surface area contributed by atoms with Crippen molar-refractivity contribution in [3.63, 3.8) is 0 Å². The molecule has 0 aliphatic rings. The number of hydrogen-bond acceptors (Lipinski definition) is 4. The first-order valence-electron chi connectivity index (χ1n) is 7.37. The van der Waals surface area contributed by atoms with Crippen molar-refractivity contribution in [3.8, 4) is 5.75 Å². The Hall–Kier alpha value is -2.93. The maximum Gasteiger partial charge on any atom is 0.259 e. The SMILES string of the molecule is CCOc1ccc(NC(=O)c2ccc3c(=O)[nH]c(=S)[nH]c3c2)cc1. The van der Waals surface area contributed by atoms with E-state index >= 15 is 0 Å². The van der Waals surface area contributed by atoms with Crippen molar-refractivity contribution in [1.82, 2.24) is 9.97 Å². The van der Waals surface area contributed by atoms with E-state index in [1.54, 1.807) is 42.5 Å². The van der Waals surface area contributed by atoms with E-state index in [4.69, 9.17) is 17.0 Å². The lowest BCUT2D eigenvalue weighted by atomic mass is 10.1. The minimum Gasteiger partial charge on any atom is -0.494 e. The van der Waals surface area contributed by atoms with E-state index in [9.17, 15) is 9.59 Å². The number of H-pyrrole nitrogens is 2. The first-order chi connectivity index (χ1) is 11.6. The summed E-state index contributed by atoms with van der Waals surface area (Å²) in [5, 5.41) is 3.25. The normalized spacial score (nSPS) is 10.5. The van der Waals surface area contributed by atoms with Gasteiger partial charge in [0.25, 0.3) is 11.5 Å². The summed E-state index contributed by atoms with van der Waals surface area (Å²) in [5.41, 5.74) is 1.31. The van der Waals surface area contributed by atoms with Gasteiger partial charge >= 0.3 is 0 Å². The molecule has 3 aromatic rings. The number of rotatable bonds is 4. The molecule has 0 atom stereocenters. The summed E-state index contributed by atoms with van der Waals surface area (Å²) in [5.74, 6) is 0.466. The maximum absolute atomic E-state index is 12.4. The second kappa shape index (κ2) is 6.67. The van der Waals surface area contributed by atoms with Crippen LogP contribution in [0.4, 0.5) is 5.69 Å². The third-order valence-electron chi connectivity index (χ3n) is 3.42. The number of aromatic amines is 2. The predicted octanol–water partition coefficient (Wildman–Crippen LogP) is 3.24. The van der Waals surface area contributed by atoms with Crippen molar-refractivity contribution >= 4 is 34.7 Å². The standard InChI is InChI=1S/C17H15N3O3S/c1-2-23-12-6-4-11(5-7-12)18-15(21)10-3-8-13-14(9-10)19-17(24)20-16(13)22/h3-9H,2H2,1H3,(H,18,21)(H2,19,20,22,24). The number of ether oxygens (including phenoxy) is 1. The molecule has 0 bridgehead atoms. The second-order valence-electron chi connectivity index (χ2n) is 5.08. The molecule has 0 spiro atoms. The van der Waals surface area contributed by atoms with Gasteiger partial charge in [-0.15, -0.1) is 0 Å². The van der Waals surface area contributed by atoms with E-state index in [0.717, 1.165) is 5.75 Å². The molecule has 122 valence electrons. The van der Waals surface area contributed by atoms with Crippen LogP contribution in [0.5, 0.6) is 5.75 Å². The van der Waals surface area contributed by atoms with E-state index in [2.05, 4.69) is 15.3 Å². The summed E-state index contributed by atoms with van der Waals surface area (Å²) in [6.45, 7) is 2.50. The van der Waals surface area contributed by atoms with Gasteiger partial charge in [0.15, 0.2) is 4.77 Å². The lowest BCUT2D eigenvalue weighted by Gasteiger charge is -2.08. The molecule has 7 heteroatoms. The zero-order valence-electron chi connectivity index (χ0n) is 12.9. The maximum atomic E-state index is 12.4. The molecule has 24 heavy (non-hydrogen) atoms. The Kier molecular flexibility index (Phi) is 4.43. The van der Waals surface area contributed by atoms with Gasteiger partial charge in [-0.25, -0.2) is 0 Å². The molecule has 3 rings (SSSR count). The molecule has 0 saturated heterocycles. The summed E-state index contributed by atoms with van der Waals surface area (Å²) in [4.78, 5) is 29.6. The summed E-state index contributed by atoms with van der Waals surface area (Å²) < 4.78 is 5.58. The molecular weight excluding hydrogens is 326 g/mol. The Morgan fingerprint density at radius 2 is 1.92 bits per heavy atom. The summed E-state index contributed by atoms with van der Waals surface area (Å²) in [6, 6.07) is 11.9. The smallest absolute Gasteiger partial charge is 0.259 e. The van der Waals surface area contributed by atoms with Gasteiger partial charge in [0.05, 0.1) is 17.5 Å². The molecule has 6 nitrogen and oxygen atoms in total. The van der Waals surface area contributed by atoms with Crippen molar-refractivity contribution in [2.45, 2.75) is 6.92 Å². The number of aromatic nitrogens is 2. The monoisotopic (exact) mass is 341 g/mol. The number of amides is 1. The van der Waals surface area contributed by atoms with Gasteiger partial charge in [-0.3, -0.25) is 14.6 Å². The van der Waals surface area contributed by atoms with Gasteiger partial charge in [0.1, 0.15) is 5.75 Å². The lowest BCUT2D eigenvalue weighted by molar-refractivity contribution is 0.102. The first-order valence-corrected chi connectivity index (χ1v) is 7.78. The molecule has 0 radical (unpaired) electrons. The lowest BCUT2D eigenvalue weighted by Crippen LogP contribution is -2.13. The molecule has 0 aliphatic carbocycles. The highest BCUT2D eigenvalue weighted by Crippen LogP contribution is 2.17. The Balaban J connectivity index is 1.85. The van der Waals surface area contributed by atoms with E-state index in [-0.39, 0.29) is 16.2 Å². The van der Waals surface area contributed by atoms with Crippen LogP contribution in [0.15, 0.2) is 47.3 Å². The van der Waals surface area contributed by atoms with Crippen LogP contribution in [0.3, 0.4) is 0 Å². The number of nitrogens with one attached hydrogen (secondary N) is 3. The van der Waals surface area contributed by atoms with Gasteiger partial charge < -0.3 is 15.0 Å². The van der Waals surface area contributed by atoms with E-state index < -0.39 is 0 Å². The van der Waals surface area contributed by atoms with E-state index in [0.29, 0.717) is 28.8 Å². The third kappa shape index (κ3) is 3.36. The number of anilines is 1. The average molecular weight is 341 g/mol. The largest absolute Gasteiger partial charge is 0.494 e. The highest BCUT2D eigenvalue weighted by Gasteiger charge is 2.09. The number of fused-ring (bicyclic) bond motifs is 1. The van der Waals surface area contributed by atoms with Crippen LogP contribution < -0.4 is 15.6 Å². The molecule has 1 aromatic heterocycles. The van der Waals surface area contributed by atoms with E-state index in [1.807, 2.05) is 6.92 Å². The molecule has 1 heterocycles. The predicted molar refractivity (Wildman–Crippen MR) is 95.3 cm³/mol. The van der Waals surface area contributed by atoms with Crippen LogP contribution in [-0.4, -0.2) is 22.5 Å². The number of carbonyl (C=O) groups is 1. The summed E-state index contributed by atoms with van der Waals surface area (Å²) in [6.07, 6.45) is 0. The highest BCUT2D eigenvalue weighted by atomic mass is 32.1. The fourth-order valence-corrected chi connectivity index (χ4v) is 2.52. The molecular formula is C17H15N3O3S. The summed E-state index contributed by atoms with van der Waals surface area (Å²) >= 11 is 4.95. The fraction of sp³-hybridized carbons (Fsp3) is 0.118. The zero-order chi connectivity index (χ0) is 17.1. The van der Waals surface area contributed by atoms with Crippen LogP contribution in [0.25, 0.3) is 10.9 Å². The third-order valence-corrected chi connectivity index (χ3v) is 3.63. The first kappa shape index (κ1) is 15.9. The quantitative estimate of drug-likeness (QED) is 0.636. The van der Waals surface area contributed by atoms with E-state index in [1.165, 1.54) is 0 Å². The Labute approximate surface area is 142 Å². The molecule has 0 saturated carbocycles. The number of carbonyl (C=O) groups excluding carboxylic acids is 1. The van der Waals surface area contributed by atoms with Gasteiger partial charge in [0.2, 0.25) is 0 Å². The van der Waals surface area contributed by atoms with Gasteiger partial charge in [-0.1, -0.05) is 0 Å². The average Bonchev–Trinajstić information content (AvgIpc) is 2.56. The molecule has 0 unspecified atom stereocenters. The Morgan fingerprint density at radius 3 is 2.62 bits per heavy atom. The summed E-state index contributed by atoms with van der Waals surface area (Å²) in [7, 11) is 0. The van der Waals surface area contributed by atoms with Gasteiger partial charge in [0, 0.05) is 11.3 Å². The van der Waals surface area contributed by atoms with Crippen LogP contribution >= 0.6 is 12.2 Å². The van der Waals surface area contributed by atoms with Gasteiger partial charge in [-0.05, 0) is 61.6 Å². The minimum absolute atomic E-state index is 0.219. The van der Waals surface area contributed by atoms with Crippen molar-refractivity contribution in [3.05, 3.63) is 63.2 Å². The van der Waals surface area contributed by atoms with Crippen LogP contribution in [0.2, 0.25) is 0 Å². The van der Waals surface area contributed by atoms with Crippen LogP contribution in [0, 0.1) is 4.77 Å². The topological polar surface area (TPSA) is 87.0 Å². The van der Waals surface area contributed by atoms with Crippen LogP contribution in [0.1, 0.15) is 17.3 Å². The van der Waals surface area contributed by atoms with Crippen molar-refractivity contribution in [1.29, 1.82) is 0 Å². The number of hydrogen-bond donors (Lipinski definition) is 3. The fourth-order valence-electron chi connectivity index (χ4n) is 2.32. The number of benzene rings is 2. The molecule has 2 aromatic carbocycles. The molecule has 3 N–H and O–H groups in total. The van der Waals surface area contributed by atoms with Crippen LogP contribution in [-0.2, 0) is 0 Å². The van der Waals surface area contributed by atoms with Crippen molar-refractivity contribution < 1.29 is 9.53 Å². The van der Waals surface area contributed by atoms with Gasteiger partial charge in [-0.2, -0.15) is 0 Å². The molecule has 0 fully saturated rings. The minimum atomic E-state index is -0.285. The van der Waals surface area contributed by atoms with Crippen molar-refractivity contribution in [2.24, 2.45) is 0 Å². The Morgan fingerprint density at radius 1 is 1.17 bits per heavy atom. The van der Waals surface area contributed by atoms with Crippen molar-refractivity contribution in [2.75, 3.05) is 11.9 Å². The second-order valence-corrected chi connectivity index (χ2v) is 5.49. The molecule has 0 aliphatic heterocycles. The molecule has 1 amide bonds. The Bertz CT molecular complexity index is 1010.